The number of nitrogens with zero attached hydrogens (tertiary/aromatic N) is 2. The fourth-order valence-electron chi connectivity index (χ4n) is 2.40. The van der Waals surface area contributed by atoms with Gasteiger partial charge in [-0.25, -0.2) is 4.98 Å². The molecule has 1 aromatic rings. The average molecular weight is 269 g/mol. The molecule has 4 nitrogen and oxygen atoms in total. The van der Waals surface area contributed by atoms with E-state index < -0.39 is 0 Å². The van der Waals surface area contributed by atoms with Crippen molar-refractivity contribution in [1.29, 1.82) is 0 Å². The van der Waals surface area contributed by atoms with Crippen molar-refractivity contribution in [2.75, 3.05) is 26.2 Å². The molecule has 1 fully saturated rings. The van der Waals surface area contributed by atoms with Crippen LogP contribution in [0, 0.1) is 13.8 Å². The highest BCUT2D eigenvalue weighted by Crippen LogP contribution is 2.18. The number of hydrogen-bond donors (Lipinski definition) is 2. The van der Waals surface area contributed by atoms with E-state index in [1.165, 1.54) is 17.7 Å². The lowest BCUT2D eigenvalue weighted by Gasteiger charge is -2.23. The molecule has 1 aliphatic heterocycles. The number of aromatic nitrogens is 1. The number of aryl methyl sites for hydroxylation is 2. The van der Waals surface area contributed by atoms with Crippen LogP contribution in [0.4, 0.5) is 0 Å². The second-order valence-corrected chi connectivity index (χ2v) is 6.29. The monoisotopic (exact) mass is 269 g/mol. The number of rotatable bonds is 6. The molecule has 2 rings (SSSR count). The molecule has 1 unspecified atom stereocenters. The van der Waals surface area contributed by atoms with Crippen molar-refractivity contribution < 1.29 is 5.11 Å². The Labute approximate surface area is 113 Å². The third-order valence-corrected chi connectivity index (χ3v) is 4.55. The first-order valence-corrected chi connectivity index (χ1v) is 7.50. The maximum atomic E-state index is 9.17. The Kier molecular flexibility index (Phi) is 5.12. The molecule has 0 aliphatic carbocycles. The maximum Gasteiger partial charge on any atom is 0.107 e. The molecule has 5 heteroatoms. The lowest BCUT2D eigenvalue weighted by molar-refractivity contribution is 0.179. The molecule has 102 valence electrons. The van der Waals surface area contributed by atoms with Crippen molar-refractivity contribution in [3.63, 3.8) is 0 Å². The molecule has 2 heterocycles. The van der Waals surface area contributed by atoms with Crippen LogP contribution >= 0.6 is 11.3 Å². The summed E-state index contributed by atoms with van der Waals surface area (Å²) in [6.07, 6.45) is 2.52. The van der Waals surface area contributed by atoms with Gasteiger partial charge < -0.3 is 10.4 Å². The summed E-state index contributed by atoms with van der Waals surface area (Å²) in [5.74, 6) is 0. The fourth-order valence-corrected chi connectivity index (χ4v) is 3.38. The summed E-state index contributed by atoms with van der Waals surface area (Å²) in [6, 6.07) is 0.582. The van der Waals surface area contributed by atoms with E-state index in [0.717, 1.165) is 36.9 Å². The van der Waals surface area contributed by atoms with E-state index >= 15 is 0 Å². The van der Waals surface area contributed by atoms with E-state index in [-0.39, 0.29) is 6.61 Å². The van der Waals surface area contributed by atoms with E-state index in [9.17, 15) is 0 Å². The zero-order chi connectivity index (χ0) is 13.0. The van der Waals surface area contributed by atoms with Gasteiger partial charge in [-0.2, -0.15) is 0 Å². The van der Waals surface area contributed by atoms with Crippen LogP contribution in [0.25, 0.3) is 0 Å². The molecule has 0 saturated carbocycles. The summed E-state index contributed by atoms with van der Waals surface area (Å²) >= 11 is 1.77. The predicted molar refractivity (Wildman–Crippen MR) is 75.0 cm³/mol. The summed E-state index contributed by atoms with van der Waals surface area (Å²) in [7, 11) is 0. The van der Waals surface area contributed by atoms with Crippen molar-refractivity contribution in [1.82, 2.24) is 15.2 Å². The highest BCUT2D eigenvalue weighted by molar-refractivity contribution is 7.11. The lowest BCUT2D eigenvalue weighted by Crippen LogP contribution is -2.38. The smallest absolute Gasteiger partial charge is 0.107 e. The van der Waals surface area contributed by atoms with Gasteiger partial charge in [-0.05, 0) is 33.2 Å². The number of hydrogen-bond acceptors (Lipinski definition) is 5. The number of thiazole rings is 1. The van der Waals surface area contributed by atoms with Gasteiger partial charge in [0, 0.05) is 24.0 Å². The second-order valence-electron chi connectivity index (χ2n) is 5.00. The fraction of sp³-hybridized carbons (Fsp3) is 0.769. The number of nitrogens with one attached hydrogen (secondary N) is 1. The minimum Gasteiger partial charge on any atom is -0.395 e. The molecule has 0 aromatic carbocycles. The Balaban J connectivity index is 1.92. The predicted octanol–water partition coefficient (Wildman–Crippen LogP) is 1.31. The van der Waals surface area contributed by atoms with Gasteiger partial charge in [0.1, 0.15) is 5.01 Å². The Hall–Kier alpha value is -0.490. The van der Waals surface area contributed by atoms with Gasteiger partial charge >= 0.3 is 0 Å². The summed E-state index contributed by atoms with van der Waals surface area (Å²) < 4.78 is 0. The van der Waals surface area contributed by atoms with Crippen molar-refractivity contribution in [2.24, 2.45) is 0 Å². The van der Waals surface area contributed by atoms with Crippen LogP contribution in [0.2, 0.25) is 0 Å². The highest BCUT2D eigenvalue weighted by atomic mass is 32.1. The van der Waals surface area contributed by atoms with Crippen molar-refractivity contribution in [3.8, 4) is 0 Å². The van der Waals surface area contributed by atoms with Crippen LogP contribution in [-0.2, 0) is 6.54 Å². The number of aliphatic hydroxyl groups is 1. The van der Waals surface area contributed by atoms with Gasteiger partial charge in [-0.15, -0.1) is 11.3 Å². The van der Waals surface area contributed by atoms with Gasteiger partial charge in [0.05, 0.1) is 18.8 Å². The summed E-state index contributed by atoms with van der Waals surface area (Å²) in [5.41, 5.74) is 1.14. The van der Waals surface area contributed by atoms with E-state index in [2.05, 4.69) is 29.0 Å². The number of aliphatic hydroxyl groups excluding tert-OH is 1. The van der Waals surface area contributed by atoms with Crippen LogP contribution in [0.1, 0.15) is 28.4 Å². The minimum absolute atomic E-state index is 0.218. The van der Waals surface area contributed by atoms with Crippen LogP contribution < -0.4 is 5.32 Å². The summed E-state index contributed by atoms with van der Waals surface area (Å²) in [4.78, 5) is 8.19. The maximum absolute atomic E-state index is 9.17. The first kappa shape index (κ1) is 13.9. The highest BCUT2D eigenvalue weighted by Gasteiger charge is 2.18. The average Bonchev–Trinajstić information content (AvgIpc) is 2.91. The first-order valence-electron chi connectivity index (χ1n) is 6.68. The van der Waals surface area contributed by atoms with Gasteiger partial charge in [-0.1, -0.05) is 0 Å². The third-order valence-electron chi connectivity index (χ3n) is 3.49. The first-order chi connectivity index (χ1) is 8.69. The van der Waals surface area contributed by atoms with Gasteiger partial charge in [0.25, 0.3) is 0 Å². The van der Waals surface area contributed by atoms with Crippen LogP contribution in [0.3, 0.4) is 0 Å². The van der Waals surface area contributed by atoms with E-state index in [4.69, 9.17) is 5.11 Å². The molecule has 0 radical (unpaired) electrons. The molecule has 1 atom stereocenters. The Morgan fingerprint density at radius 2 is 2.33 bits per heavy atom. The van der Waals surface area contributed by atoms with Gasteiger partial charge in [0.15, 0.2) is 0 Å². The molecule has 1 saturated heterocycles. The third kappa shape index (κ3) is 3.75. The molecule has 18 heavy (non-hydrogen) atoms. The minimum atomic E-state index is 0.218. The Morgan fingerprint density at radius 3 is 2.89 bits per heavy atom. The zero-order valence-electron chi connectivity index (χ0n) is 11.3. The van der Waals surface area contributed by atoms with E-state index in [1.54, 1.807) is 11.3 Å². The largest absolute Gasteiger partial charge is 0.395 e. The molecule has 0 amide bonds. The van der Waals surface area contributed by atoms with Crippen molar-refractivity contribution in [3.05, 3.63) is 15.6 Å². The summed E-state index contributed by atoms with van der Waals surface area (Å²) in [5, 5.41) is 13.8. The Bertz CT molecular complexity index is 355. The molecule has 1 aromatic heterocycles. The lowest BCUT2D eigenvalue weighted by atomic mass is 10.2. The SMILES string of the molecule is Cc1nc(CN(CCO)CC2CCCN2)sc1C. The molecule has 1 aliphatic rings. The molecular formula is C13H23N3OS. The molecule has 0 bridgehead atoms. The van der Waals surface area contributed by atoms with Crippen LogP contribution in [0.5, 0.6) is 0 Å². The Morgan fingerprint density at radius 1 is 1.50 bits per heavy atom. The molecule has 2 N–H and O–H groups in total. The topological polar surface area (TPSA) is 48.4 Å². The zero-order valence-corrected chi connectivity index (χ0v) is 12.1. The normalized spacial score (nSPS) is 19.9. The van der Waals surface area contributed by atoms with Gasteiger partial charge in [0.2, 0.25) is 0 Å². The summed E-state index contributed by atoms with van der Waals surface area (Å²) in [6.45, 7) is 8.13. The van der Waals surface area contributed by atoms with Crippen molar-refractivity contribution in [2.45, 2.75) is 39.3 Å². The second kappa shape index (κ2) is 6.61. The van der Waals surface area contributed by atoms with E-state index in [1.807, 2.05) is 0 Å². The van der Waals surface area contributed by atoms with Crippen LogP contribution in [0.15, 0.2) is 0 Å². The molecular weight excluding hydrogens is 246 g/mol. The van der Waals surface area contributed by atoms with E-state index in [0.29, 0.717) is 6.04 Å². The van der Waals surface area contributed by atoms with Gasteiger partial charge in [-0.3, -0.25) is 4.90 Å². The van der Waals surface area contributed by atoms with Crippen LogP contribution in [-0.4, -0.2) is 47.3 Å². The molecule has 0 spiro atoms. The standard InChI is InChI=1S/C13H23N3OS/c1-10-11(2)18-13(15-10)9-16(6-7-17)8-12-4-3-5-14-12/h12,14,17H,3-9H2,1-2H3. The van der Waals surface area contributed by atoms with Crippen molar-refractivity contribution >= 4 is 11.3 Å². The quantitative estimate of drug-likeness (QED) is 0.817.